The number of rotatable bonds is 1. The van der Waals surface area contributed by atoms with E-state index in [2.05, 4.69) is 10.6 Å². The van der Waals surface area contributed by atoms with Crippen LogP contribution in [0.2, 0.25) is 0 Å². The van der Waals surface area contributed by atoms with Crippen molar-refractivity contribution in [1.29, 1.82) is 5.26 Å². The average Bonchev–Trinajstić information content (AvgIpc) is 2.86. The highest BCUT2D eigenvalue weighted by molar-refractivity contribution is 5.65. The van der Waals surface area contributed by atoms with E-state index < -0.39 is 6.09 Å². The molecule has 2 aliphatic heterocycles. The van der Waals surface area contributed by atoms with Crippen LogP contribution in [0.1, 0.15) is 35.7 Å². The van der Waals surface area contributed by atoms with Gasteiger partial charge >= 0.3 is 6.09 Å². The lowest BCUT2D eigenvalue weighted by Gasteiger charge is -2.30. The van der Waals surface area contributed by atoms with Gasteiger partial charge in [0.25, 0.3) is 0 Å². The molecule has 1 saturated heterocycles. The molecule has 3 rings (SSSR count). The lowest BCUT2D eigenvalue weighted by atomic mass is 9.96. The zero-order valence-electron chi connectivity index (χ0n) is 11.2. The molecule has 1 aromatic heterocycles. The van der Waals surface area contributed by atoms with Crippen molar-refractivity contribution < 1.29 is 14.6 Å². The highest BCUT2D eigenvalue weighted by Crippen LogP contribution is 2.32. The topological polar surface area (TPSA) is 78.5 Å². The van der Waals surface area contributed by atoms with Gasteiger partial charge in [0.1, 0.15) is 6.07 Å². The van der Waals surface area contributed by atoms with Crippen LogP contribution in [0.4, 0.5) is 4.79 Å². The van der Waals surface area contributed by atoms with Crippen LogP contribution in [0.15, 0.2) is 6.07 Å². The van der Waals surface area contributed by atoms with Crippen molar-refractivity contribution in [2.75, 3.05) is 19.8 Å². The summed E-state index contributed by atoms with van der Waals surface area (Å²) < 4.78 is 7.53. The summed E-state index contributed by atoms with van der Waals surface area (Å²) in [6.45, 7) is 2.94. The zero-order valence-corrected chi connectivity index (χ0v) is 11.2. The lowest BCUT2D eigenvalue weighted by molar-refractivity contribution is 0.0830. The number of amides is 1. The van der Waals surface area contributed by atoms with Crippen LogP contribution in [-0.2, 0) is 17.8 Å². The second-order valence-electron chi connectivity index (χ2n) is 5.28. The van der Waals surface area contributed by atoms with Crippen LogP contribution >= 0.6 is 0 Å². The Kier molecular flexibility index (Phi) is 3.36. The highest BCUT2D eigenvalue weighted by atomic mass is 16.5. The Morgan fingerprint density at radius 3 is 2.80 bits per heavy atom. The minimum Gasteiger partial charge on any atom is -0.465 e. The number of nitriles is 1. The second-order valence-corrected chi connectivity index (χ2v) is 5.28. The maximum atomic E-state index is 11.1. The first kappa shape index (κ1) is 13.0. The molecule has 0 atom stereocenters. The fourth-order valence-corrected chi connectivity index (χ4v) is 3.12. The van der Waals surface area contributed by atoms with Crippen LogP contribution in [0.25, 0.3) is 0 Å². The summed E-state index contributed by atoms with van der Waals surface area (Å²) in [7, 11) is 0. The van der Waals surface area contributed by atoms with Gasteiger partial charge in [-0.2, -0.15) is 5.26 Å². The Hall–Kier alpha value is -2.00. The third-order valence-corrected chi connectivity index (χ3v) is 4.21. The summed E-state index contributed by atoms with van der Waals surface area (Å²) in [5, 5.41) is 18.4. The summed E-state index contributed by atoms with van der Waals surface area (Å²) in [4.78, 5) is 12.5. The molecule has 3 heterocycles. The molecule has 6 heteroatoms. The maximum absolute atomic E-state index is 11.1. The second kappa shape index (κ2) is 5.17. The van der Waals surface area contributed by atoms with Crippen molar-refractivity contribution in [3.63, 3.8) is 0 Å². The molecule has 1 amide bonds. The van der Waals surface area contributed by atoms with E-state index in [9.17, 15) is 10.1 Å². The van der Waals surface area contributed by atoms with Gasteiger partial charge < -0.3 is 19.3 Å². The third-order valence-electron chi connectivity index (χ3n) is 4.21. The van der Waals surface area contributed by atoms with E-state index in [1.54, 1.807) is 0 Å². The van der Waals surface area contributed by atoms with Crippen molar-refractivity contribution in [2.24, 2.45) is 0 Å². The minimum absolute atomic E-state index is 0.307. The molecular formula is C14H17N3O3. The van der Waals surface area contributed by atoms with Gasteiger partial charge in [0, 0.05) is 37.9 Å². The van der Waals surface area contributed by atoms with Crippen molar-refractivity contribution in [2.45, 2.75) is 31.8 Å². The Balaban J connectivity index is 1.94. The summed E-state index contributed by atoms with van der Waals surface area (Å²) in [6.07, 6.45) is 1.02. The minimum atomic E-state index is -0.922. The first-order chi connectivity index (χ1) is 9.70. The molecule has 1 aromatic rings. The number of carboxylic acid groups (broad SMARTS) is 1. The number of hydrogen-bond donors (Lipinski definition) is 1. The number of hydrogen-bond acceptors (Lipinski definition) is 3. The molecular weight excluding hydrogens is 258 g/mol. The Morgan fingerprint density at radius 2 is 2.15 bits per heavy atom. The molecule has 2 aliphatic rings. The van der Waals surface area contributed by atoms with Gasteiger partial charge in [0.2, 0.25) is 0 Å². The molecule has 20 heavy (non-hydrogen) atoms. The van der Waals surface area contributed by atoms with Crippen molar-refractivity contribution >= 4 is 6.09 Å². The smallest absolute Gasteiger partial charge is 0.407 e. The first-order valence-electron chi connectivity index (χ1n) is 6.88. The molecule has 1 fully saturated rings. The number of fused-ring (bicyclic) bond motifs is 1. The standard InChI is InChI=1S/C14H17N3O3/c15-8-11-7-12(10-1-5-20-6-2-10)17-4-3-16(14(18)19)9-13(11)17/h7,10H,1-6,9H2,(H,18,19). The normalized spacial score (nSPS) is 19.4. The van der Waals surface area contributed by atoms with Crippen molar-refractivity contribution in [3.05, 3.63) is 23.0 Å². The first-order valence-corrected chi connectivity index (χ1v) is 6.88. The van der Waals surface area contributed by atoms with Crippen molar-refractivity contribution in [3.8, 4) is 6.07 Å². The summed E-state index contributed by atoms with van der Waals surface area (Å²) in [6, 6.07) is 4.14. The zero-order chi connectivity index (χ0) is 14.1. The molecule has 0 spiro atoms. The average molecular weight is 275 g/mol. The number of carbonyl (C=O) groups is 1. The SMILES string of the molecule is N#Cc1cc(C2CCOCC2)n2c1CN(C(=O)O)CC2. The van der Waals surface area contributed by atoms with Gasteiger partial charge in [0.05, 0.1) is 17.8 Å². The highest BCUT2D eigenvalue weighted by Gasteiger charge is 2.28. The monoisotopic (exact) mass is 275 g/mol. The molecule has 6 nitrogen and oxygen atoms in total. The van der Waals surface area contributed by atoms with Gasteiger partial charge in [-0.15, -0.1) is 0 Å². The summed E-state index contributed by atoms with van der Waals surface area (Å²) in [5.41, 5.74) is 2.62. The molecule has 0 unspecified atom stereocenters. The van der Waals surface area contributed by atoms with Gasteiger partial charge in [-0.05, 0) is 18.9 Å². The van der Waals surface area contributed by atoms with Gasteiger partial charge in [-0.25, -0.2) is 4.79 Å². The fourth-order valence-electron chi connectivity index (χ4n) is 3.12. The van der Waals surface area contributed by atoms with Gasteiger partial charge in [-0.1, -0.05) is 0 Å². The quantitative estimate of drug-likeness (QED) is 0.846. The largest absolute Gasteiger partial charge is 0.465 e. The molecule has 0 aromatic carbocycles. The van der Waals surface area contributed by atoms with E-state index in [1.807, 2.05) is 6.07 Å². The van der Waals surface area contributed by atoms with E-state index in [0.717, 1.165) is 31.7 Å². The van der Waals surface area contributed by atoms with Crippen LogP contribution in [-0.4, -0.2) is 40.4 Å². The fraction of sp³-hybridized carbons (Fsp3) is 0.571. The number of nitrogens with zero attached hydrogens (tertiary/aromatic N) is 3. The molecule has 0 bridgehead atoms. The third kappa shape index (κ3) is 2.14. The Bertz CT molecular complexity index is 567. The van der Waals surface area contributed by atoms with E-state index >= 15 is 0 Å². The number of aromatic nitrogens is 1. The van der Waals surface area contributed by atoms with Crippen LogP contribution in [0, 0.1) is 11.3 Å². The van der Waals surface area contributed by atoms with E-state index in [0.29, 0.717) is 31.1 Å². The lowest BCUT2D eigenvalue weighted by Crippen LogP contribution is -2.38. The van der Waals surface area contributed by atoms with Crippen LogP contribution in [0.3, 0.4) is 0 Å². The predicted octanol–water partition coefficient (Wildman–Crippen LogP) is 1.75. The van der Waals surface area contributed by atoms with Crippen molar-refractivity contribution in [1.82, 2.24) is 9.47 Å². The van der Waals surface area contributed by atoms with E-state index in [1.165, 1.54) is 10.6 Å². The van der Waals surface area contributed by atoms with Gasteiger partial charge in [0.15, 0.2) is 0 Å². The maximum Gasteiger partial charge on any atom is 0.407 e. The molecule has 1 N–H and O–H groups in total. The molecule has 0 saturated carbocycles. The summed E-state index contributed by atoms with van der Waals surface area (Å²) in [5.74, 6) is 0.418. The predicted molar refractivity (Wildman–Crippen MR) is 70.4 cm³/mol. The summed E-state index contributed by atoms with van der Waals surface area (Å²) >= 11 is 0. The molecule has 0 aliphatic carbocycles. The Labute approximate surface area is 117 Å². The molecule has 106 valence electrons. The Morgan fingerprint density at radius 1 is 1.40 bits per heavy atom. The molecule has 0 radical (unpaired) electrons. The van der Waals surface area contributed by atoms with Crippen LogP contribution < -0.4 is 0 Å². The van der Waals surface area contributed by atoms with Gasteiger partial charge in [-0.3, -0.25) is 0 Å². The van der Waals surface area contributed by atoms with E-state index in [-0.39, 0.29) is 0 Å². The van der Waals surface area contributed by atoms with E-state index in [4.69, 9.17) is 9.84 Å². The van der Waals surface area contributed by atoms with Crippen LogP contribution in [0.5, 0.6) is 0 Å². The number of ether oxygens (including phenoxy) is 1.